The largest absolute Gasteiger partial charge is 0.292 e. The van der Waals surface area contributed by atoms with Crippen LogP contribution in [0.3, 0.4) is 0 Å². The lowest BCUT2D eigenvalue weighted by atomic mass is 10.2. The van der Waals surface area contributed by atoms with Gasteiger partial charge in [0.2, 0.25) is 0 Å². The number of thiophene rings is 1. The van der Waals surface area contributed by atoms with Gasteiger partial charge in [-0.15, -0.1) is 21.5 Å². The molecule has 0 spiro atoms. The number of Topliss-reactive ketones (excluding diaryl/α,β-unsaturated/α-hetero) is 1. The van der Waals surface area contributed by atoms with E-state index in [1.54, 1.807) is 12.4 Å². The molecule has 0 unspecified atom stereocenters. The Hall–Kier alpha value is -3.37. The maximum absolute atomic E-state index is 12.5. The van der Waals surface area contributed by atoms with Crippen LogP contribution in [0.5, 0.6) is 0 Å². The Labute approximate surface area is 173 Å². The summed E-state index contributed by atoms with van der Waals surface area (Å²) < 4.78 is 1.88. The number of thioether (sulfide) groups is 1. The molecule has 0 atom stereocenters. The van der Waals surface area contributed by atoms with Crippen LogP contribution in [0.1, 0.15) is 9.67 Å². The van der Waals surface area contributed by atoms with Gasteiger partial charge in [-0.25, -0.2) is 0 Å². The van der Waals surface area contributed by atoms with Gasteiger partial charge in [0, 0.05) is 29.7 Å². The zero-order valence-electron chi connectivity index (χ0n) is 14.8. The summed E-state index contributed by atoms with van der Waals surface area (Å²) in [6, 6.07) is 14.6. The van der Waals surface area contributed by atoms with Crippen LogP contribution >= 0.6 is 23.1 Å². The van der Waals surface area contributed by atoms with Crippen molar-refractivity contribution in [3.8, 4) is 17.1 Å². The average Bonchev–Trinajstić information content (AvgIpc) is 3.41. The number of hydrogen-bond acceptors (Lipinski definition) is 8. The highest BCUT2D eigenvalue weighted by atomic mass is 32.2. The fourth-order valence-electron chi connectivity index (χ4n) is 2.63. The van der Waals surface area contributed by atoms with Crippen LogP contribution in [-0.2, 0) is 0 Å². The number of nitro groups is 1. The van der Waals surface area contributed by atoms with E-state index in [2.05, 4.69) is 15.2 Å². The SMILES string of the molecule is O=C(CSc1nnc(-c2ccncc2)n1-c1ccccc1)c1cc([N+](=O)[O-])cs1. The number of hydrogen-bond donors (Lipinski definition) is 0. The Balaban J connectivity index is 1.63. The van der Waals surface area contributed by atoms with Gasteiger partial charge in [-0.05, 0) is 24.3 Å². The number of para-hydroxylation sites is 1. The Kier molecular flexibility index (Phi) is 5.45. The molecule has 3 aromatic heterocycles. The summed E-state index contributed by atoms with van der Waals surface area (Å²) in [5, 5.41) is 21.3. The molecule has 3 heterocycles. The van der Waals surface area contributed by atoms with E-state index in [9.17, 15) is 14.9 Å². The topological polar surface area (TPSA) is 104 Å². The van der Waals surface area contributed by atoms with Crippen LogP contribution in [0.2, 0.25) is 0 Å². The van der Waals surface area contributed by atoms with E-state index in [0.29, 0.717) is 15.9 Å². The molecule has 0 amide bonds. The number of pyridine rings is 1. The first-order chi connectivity index (χ1) is 14.1. The minimum atomic E-state index is -0.506. The van der Waals surface area contributed by atoms with Gasteiger partial charge in [-0.3, -0.25) is 24.5 Å². The van der Waals surface area contributed by atoms with E-state index in [0.717, 1.165) is 22.6 Å². The number of rotatable bonds is 7. The Morgan fingerprint density at radius 1 is 1.14 bits per heavy atom. The number of aromatic nitrogens is 4. The number of ketones is 1. The van der Waals surface area contributed by atoms with Gasteiger partial charge in [0.1, 0.15) is 0 Å². The summed E-state index contributed by atoms with van der Waals surface area (Å²) in [6.07, 6.45) is 3.36. The van der Waals surface area contributed by atoms with Gasteiger partial charge < -0.3 is 0 Å². The van der Waals surface area contributed by atoms with Crippen molar-refractivity contribution in [2.75, 3.05) is 5.75 Å². The molecule has 1 aromatic carbocycles. The molecule has 0 aliphatic heterocycles. The van der Waals surface area contributed by atoms with Crippen molar-refractivity contribution in [1.82, 2.24) is 19.7 Å². The van der Waals surface area contributed by atoms with Crippen molar-refractivity contribution in [2.45, 2.75) is 5.16 Å². The second-order valence-corrected chi connectivity index (χ2v) is 7.70. The monoisotopic (exact) mass is 423 g/mol. The van der Waals surface area contributed by atoms with E-state index in [1.807, 2.05) is 47.0 Å². The predicted molar refractivity (Wildman–Crippen MR) is 111 cm³/mol. The van der Waals surface area contributed by atoms with Crippen LogP contribution < -0.4 is 0 Å². The first kappa shape index (κ1) is 19.0. The molecule has 144 valence electrons. The van der Waals surface area contributed by atoms with Gasteiger partial charge in [-0.1, -0.05) is 30.0 Å². The standard InChI is InChI=1S/C19H13N5O3S2/c25-16(17-10-15(11-28-17)24(26)27)12-29-19-22-21-18(13-6-8-20-9-7-13)23(19)14-4-2-1-3-5-14/h1-11H,12H2. The first-order valence-corrected chi connectivity index (χ1v) is 10.3. The maximum atomic E-state index is 12.5. The molecule has 4 rings (SSSR count). The second-order valence-electron chi connectivity index (χ2n) is 5.85. The van der Waals surface area contributed by atoms with Crippen LogP contribution in [-0.4, -0.2) is 36.2 Å². The highest BCUT2D eigenvalue weighted by Gasteiger charge is 2.19. The van der Waals surface area contributed by atoms with Crippen molar-refractivity contribution < 1.29 is 9.72 Å². The van der Waals surface area contributed by atoms with Gasteiger partial charge >= 0.3 is 0 Å². The molecule has 8 nitrogen and oxygen atoms in total. The summed E-state index contributed by atoms with van der Waals surface area (Å²) in [6.45, 7) is 0. The van der Waals surface area contributed by atoms with Crippen LogP contribution in [0.4, 0.5) is 5.69 Å². The Morgan fingerprint density at radius 2 is 1.90 bits per heavy atom. The Morgan fingerprint density at radius 3 is 2.59 bits per heavy atom. The number of carbonyl (C=O) groups excluding carboxylic acids is 1. The molecule has 0 fully saturated rings. The summed E-state index contributed by atoms with van der Waals surface area (Å²) >= 11 is 2.31. The van der Waals surface area contributed by atoms with Crippen LogP contribution in [0, 0.1) is 10.1 Å². The van der Waals surface area contributed by atoms with E-state index < -0.39 is 4.92 Å². The number of carbonyl (C=O) groups is 1. The zero-order valence-corrected chi connectivity index (χ0v) is 16.5. The van der Waals surface area contributed by atoms with Crippen molar-refractivity contribution >= 4 is 34.6 Å². The summed E-state index contributed by atoms with van der Waals surface area (Å²) in [4.78, 5) is 27.2. The summed E-state index contributed by atoms with van der Waals surface area (Å²) in [5.74, 6) is 0.542. The fraction of sp³-hybridized carbons (Fsp3) is 0.0526. The lowest BCUT2D eigenvalue weighted by Gasteiger charge is -2.09. The number of nitrogens with zero attached hydrogens (tertiary/aromatic N) is 5. The van der Waals surface area contributed by atoms with Gasteiger partial charge in [0.05, 0.1) is 20.9 Å². The van der Waals surface area contributed by atoms with E-state index in [1.165, 1.54) is 23.2 Å². The molecule has 0 aliphatic carbocycles. The highest BCUT2D eigenvalue weighted by molar-refractivity contribution is 7.99. The quantitative estimate of drug-likeness (QED) is 0.189. The smallest absolute Gasteiger partial charge is 0.280 e. The minimum Gasteiger partial charge on any atom is -0.292 e. The van der Waals surface area contributed by atoms with Crippen LogP contribution in [0.15, 0.2) is 71.5 Å². The van der Waals surface area contributed by atoms with Crippen LogP contribution in [0.25, 0.3) is 17.1 Å². The molecule has 4 aromatic rings. The lowest BCUT2D eigenvalue weighted by molar-refractivity contribution is -0.384. The molecule has 0 saturated heterocycles. The summed E-state index contributed by atoms with van der Waals surface area (Å²) in [5.41, 5.74) is 1.64. The molecule has 0 bridgehead atoms. The van der Waals surface area contributed by atoms with E-state index >= 15 is 0 Å². The summed E-state index contributed by atoms with van der Waals surface area (Å²) in [7, 11) is 0. The molecular formula is C19H13N5O3S2. The molecule has 10 heteroatoms. The number of benzene rings is 1. The van der Waals surface area contributed by atoms with E-state index in [4.69, 9.17) is 0 Å². The van der Waals surface area contributed by atoms with E-state index in [-0.39, 0.29) is 17.2 Å². The first-order valence-electron chi connectivity index (χ1n) is 8.43. The second kappa shape index (κ2) is 8.33. The molecule has 29 heavy (non-hydrogen) atoms. The molecule has 0 saturated carbocycles. The van der Waals surface area contributed by atoms with Gasteiger partial charge in [0.15, 0.2) is 16.8 Å². The third-order valence-electron chi connectivity index (χ3n) is 3.99. The van der Waals surface area contributed by atoms with Gasteiger partial charge in [0.25, 0.3) is 5.69 Å². The fourth-order valence-corrected chi connectivity index (χ4v) is 4.35. The average molecular weight is 423 g/mol. The molecular weight excluding hydrogens is 410 g/mol. The van der Waals surface area contributed by atoms with Crippen molar-refractivity contribution in [2.24, 2.45) is 0 Å². The zero-order chi connectivity index (χ0) is 20.2. The third kappa shape index (κ3) is 4.08. The van der Waals surface area contributed by atoms with Crippen molar-refractivity contribution in [1.29, 1.82) is 0 Å². The predicted octanol–water partition coefficient (Wildman–Crippen LogP) is 4.27. The molecule has 0 aliphatic rings. The normalized spacial score (nSPS) is 10.8. The molecule has 0 N–H and O–H groups in total. The lowest BCUT2D eigenvalue weighted by Crippen LogP contribution is -2.03. The Bertz CT molecular complexity index is 1160. The maximum Gasteiger partial charge on any atom is 0.280 e. The van der Waals surface area contributed by atoms with Crippen molar-refractivity contribution in [3.05, 3.63) is 81.3 Å². The highest BCUT2D eigenvalue weighted by Crippen LogP contribution is 2.29. The third-order valence-corrected chi connectivity index (χ3v) is 5.88. The van der Waals surface area contributed by atoms with Gasteiger partial charge in [-0.2, -0.15) is 0 Å². The minimum absolute atomic E-state index is 0.0734. The molecule has 0 radical (unpaired) electrons. The van der Waals surface area contributed by atoms with Crippen molar-refractivity contribution in [3.63, 3.8) is 0 Å².